The number of nitrogens with one attached hydrogen (secondary N) is 2. The minimum absolute atomic E-state index is 0.503. The molecule has 24 heavy (non-hydrogen) atoms. The molecule has 4 nitrogen and oxygen atoms in total. The fourth-order valence-electron chi connectivity index (χ4n) is 2.32. The molecule has 0 fully saturated rings. The minimum Gasteiger partial charge on any atom is -0.332 e. The fraction of sp³-hybridized carbons (Fsp3) is 0.111. The lowest BCUT2D eigenvalue weighted by Crippen LogP contribution is -2.19. The van der Waals surface area contributed by atoms with Gasteiger partial charge in [-0.05, 0) is 42.9 Å². The number of nitrogens with zero attached hydrogens (tertiary/aromatic N) is 2. The Morgan fingerprint density at radius 2 is 1.79 bits per heavy atom. The van der Waals surface area contributed by atoms with Gasteiger partial charge in [-0.2, -0.15) is 5.10 Å². The number of rotatable bonds is 4. The van der Waals surface area contributed by atoms with Crippen molar-refractivity contribution < 1.29 is 0 Å². The average molecular weight is 357 g/mol. The first-order chi connectivity index (χ1) is 11.6. The molecule has 3 aromatic rings. The van der Waals surface area contributed by atoms with E-state index in [0.29, 0.717) is 17.5 Å². The highest BCUT2D eigenvalue weighted by Crippen LogP contribution is 2.18. The van der Waals surface area contributed by atoms with Crippen LogP contribution in [0.2, 0.25) is 5.02 Å². The first-order valence-electron chi connectivity index (χ1n) is 7.53. The molecule has 0 aliphatic carbocycles. The van der Waals surface area contributed by atoms with E-state index < -0.39 is 0 Å². The molecule has 0 aliphatic heterocycles. The van der Waals surface area contributed by atoms with E-state index >= 15 is 0 Å². The van der Waals surface area contributed by atoms with E-state index in [1.807, 2.05) is 72.3 Å². The van der Waals surface area contributed by atoms with Gasteiger partial charge in [-0.25, -0.2) is 0 Å². The van der Waals surface area contributed by atoms with Crippen molar-refractivity contribution in [3.8, 4) is 0 Å². The number of aromatic nitrogens is 2. The summed E-state index contributed by atoms with van der Waals surface area (Å²) in [6, 6.07) is 19.5. The Hall–Kier alpha value is -2.37. The molecule has 0 spiro atoms. The number of hydrogen-bond acceptors (Lipinski definition) is 2. The molecule has 0 saturated carbocycles. The summed E-state index contributed by atoms with van der Waals surface area (Å²) in [4.78, 5) is 0. The molecule has 0 amide bonds. The normalized spacial score (nSPS) is 10.4. The van der Waals surface area contributed by atoms with Gasteiger partial charge in [0.25, 0.3) is 0 Å². The van der Waals surface area contributed by atoms with E-state index in [1.54, 1.807) is 0 Å². The minimum atomic E-state index is 0.503. The zero-order valence-corrected chi connectivity index (χ0v) is 14.7. The third-order valence-corrected chi connectivity index (χ3v) is 4.11. The maximum Gasteiger partial charge on any atom is 0.176 e. The van der Waals surface area contributed by atoms with Gasteiger partial charge in [0.1, 0.15) is 0 Å². The lowest BCUT2D eigenvalue weighted by Gasteiger charge is -2.08. The summed E-state index contributed by atoms with van der Waals surface area (Å²) in [6.45, 7) is 2.62. The Bertz CT molecular complexity index is 845. The van der Waals surface area contributed by atoms with Crippen LogP contribution >= 0.6 is 23.8 Å². The van der Waals surface area contributed by atoms with Gasteiger partial charge in [0.05, 0.1) is 6.54 Å². The van der Waals surface area contributed by atoms with E-state index in [4.69, 9.17) is 23.8 Å². The van der Waals surface area contributed by atoms with Crippen LogP contribution in [0.1, 0.15) is 11.3 Å². The van der Waals surface area contributed by atoms with Gasteiger partial charge in [-0.1, -0.05) is 48.0 Å². The number of para-hydroxylation sites is 1. The highest BCUT2D eigenvalue weighted by Gasteiger charge is 2.08. The largest absolute Gasteiger partial charge is 0.332 e. The van der Waals surface area contributed by atoms with E-state index in [2.05, 4.69) is 15.7 Å². The first kappa shape index (κ1) is 16.5. The average Bonchev–Trinajstić information content (AvgIpc) is 2.90. The van der Waals surface area contributed by atoms with E-state index in [9.17, 15) is 0 Å². The smallest absolute Gasteiger partial charge is 0.176 e. The third-order valence-electron chi connectivity index (χ3n) is 3.53. The summed E-state index contributed by atoms with van der Waals surface area (Å²) >= 11 is 11.5. The van der Waals surface area contributed by atoms with Crippen molar-refractivity contribution in [2.75, 3.05) is 10.6 Å². The standard InChI is InChI=1S/C18H17ClN4S/c1-13-11-17(21-18(24)20-15-8-3-2-4-9-15)22-23(13)12-14-7-5-6-10-16(14)19/h2-11H,12H2,1H3,(H2,20,21,22,24). The summed E-state index contributed by atoms with van der Waals surface area (Å²) in [5, 5.41) is 12.0. The molecule has 0 aliphatic rings. The van der Waals surface area contributed by atoms with Crippen LogP contribution in [0.25, 0.3) is 0 Å². The molecule has 0 atom stereocenters. The second-order valence-corrected chi connectivity index (χ2v) is 6.18. The molecule has 6 heteroatoms. The molecule has 0 bridgehead atoms. The number of benzene rings is 2. The van der Waals surface area contributed by atoms with E-state index in [0.717, 1.165) is 22.0 Å². The summed E-state index contributed by atoms with van der Waals surface area (Å²) in [5.74, 6) is 0.702. The van der Waals surface area contributed by atoms with Crippen LogP contribution in [0.3, 0.4) is 0 Å². The van der Waals surface area contributed by atoms with Crippen LogP contribution in [-0.4, -0.2) is 14.9 Å². The SMILES string of the molecule is Cc1cc(NC(=S)Nc2ccccc2)nn1Cc1ccccc1Cl. The Morgan fingerprint density at radius 3 is 2.54 bits per heavy atom. The molecule has 0 saturated heterocycles. The van der Waals surface area contributed by atoms with Crippen LogP contribution in [0.4, 0.5) is 11.5 Å². The van der Waals surface area contributed by atoms with E-state index in [1.165, 1.54) is 0 Å². The lowest BCUT2D eigenvalue weighted by molar-refractivity contribution is 0.668. The van der Waals surface area contributed by atoms with Crippen molar-refractivity contribution in [2.45, 2.75) is 13.5 Å². The molecule has 2 N–H and O–H groups in total. The Kier molecular flexibility index (Phi) is 5.13. The van der Waals surface area contributed by atoms with Crippen LogP contribution < -0.4 is 10.6 Å². The topological polar surface area (TPSA) is 41.9 Å². The molecule has 1 aromatic heterocycles. The summed E-state index contributed by atoms with van der Waals surface area (Å²) in [5.41, 5.74) is 2.99. The maximum absolute atomic E-state index is 6.22. The van der Waals surface area contributed by atoms with Crippen molar-refractivity contribution in [3.63, 3.8) is 0 Å². The van der Waals surface area contributed by atoms with Gasteiger partial charge in [-0.15, -0.1) is 0 Å². The van der Waals surface area contributed by atoms with Crippen molar-refractivity contribution in [2.24, 2.45) is 0 Å². The molecular weight excluding hydrogens is 340 g/mol. The van der Waals surface area contributed by atoms with Crippen LogP contribution in [0.15, 0.2) is 60.7 Å². The van der Waals surface area contributed by atoms with Gasteiger partial charge in [-0.3, -0.25) is 4.68 Å². The quantitative estimate of drug-likeness (QED) is 0.665. The van der Waals surface area contributed by atoms with Crippen molar-refractivity contribution >= 4 is 40.4 Å². The summed E-state index contributed by atoms with van der Waals surface area (Å²) < 4.78 is 1.90. The Balaban J connectivity index is 1.68. The number of anilines is 2. The predicted octanol–water partition coefficient (Wildman–Crippen LogP) is 4.70. The fourth-order valence-corrected chi connectivity index (χ4v) is 2.74. The van der Waals surface area contributed by atoms with Gasteiger partial charge < -0.3 is 10.6 Å². The second kappa shape index (κ2) is 7.47. The zero-order valence-electron chi connectivity index (χ0n) is 13.2. The van der Waals surface area contributed by atoms with Crippen molar-refractivity contribution in [1.29, 1.82) is 0 Å². The number of thiocarbonyl (C=S) groups is 1. The third kappa shape index (κ3) is 4.13. The van der Waals surface area contributed by atoms with Crippen LogP contribution in [0.5, 0.6) is 0 Å². The van der Waals surface area contributed by atoms with E-state index in [-0.39, 0.29) is 0 Å². The molecule has 3 rings (SSSR count). The number of halogens is 1. The lowest BCUT2D eigenvalue weighted by atomic mass is 10.2. The highest BCUT2D eigenvalue weighted by molar-refractivity contribution is 7.80. The van der Waals surface area contributed by atoms with Gasteiger partial charge in [0, 0.05) is 22.5 Å². The first-order valence-corrected chi connectivity index (χ1v) is 8.31. The molecule has 0 radical (unpaired) electrons. The monoisotopic (exact) mass is 356 g/mol. The Labute approximate surface area is 151 Å². The number of aryl methyl sites for hydroxylation is 1. The van der Waals surface area contributed by atoms with Gasteiger partial charge in [0.15, 0.2) is 10.9 Å². The van der Waals surface area contributed by atoms with Gasteiger partial charge in [0.2, 0.25) is 0 Å². The summed E-state index contributed by atoms with van der Waals surface area (Å²) in [7, 11) is 0. The highest BCUT2D eigenvalue weighted by atomic mass is 35.5. The molecule has 1 heterocycles. The zero-order chi connectivity index (χ0) is 16.9. The van der Waals surface area contributed by atoms with Crippen molar-refractivity contribution in [3.05, 3.63) is 76.9 Å². The van der Waals surface area contributed by atoms with Crippen LogP contribution in [0, 0.1) is 6.92 Å². The molecule has 122 valence electrons. The second-order valence-electron chi connectivity index (χ2n) is 5.37. The molecule has 0 unspecified atom stereocenters. The maximum atomic E-state index is 6.22. The summed E-state index contributed by atoms with van der Waals surface area (Å²) in [6.07, 6.45) is 0. The Morgan fingerprint density at radius 1 is 1.08 bits per heavy atom. The molecule has 2 aromatic carbocycles. The van der Waals surface area contributed by atoms with Crippen LogP contribution in [-0.2, 0) is 6.54 Å². The number of hydrogen-bond donors (Lipinski definition) is 2. The van der Waals surface area contributed by atoms with Gasteiger partial charge >= 0.3 is 0 Å². The van der Waals surface area contributed by atoms with Crippen molar-refractivity contribution in [1.82, 2.24) is 9.78 Å². The predicted molar refractivity (Wildman–Crippen MR) is 104 cm³/mol. The molecular formula is C18H17ClN4S.